The molecule has 12 amide bonds. The number of piperidine rings is 1. The summed E-state index contributed by atoms with van der Waals surface area (Å²) in [4.78, 5) is 192. The summed E-state index contributed by atoms with van der Waals surface area (Å²) in [6.07, 6.45) is -1.18. The first kappa shape index (κ1) is 85.5. The number of amides is 12. The highest BCUT2D eigenvalue weighted by atomic mass is 19.4. The zero-order valence-corrected chi connectivity index (χ0v) is 64.9. The minimum atomic E-state index is -5.16. The molecule has 7 aliphatic rings. The van der Waals surface area contributed by atoms with E-state index in [1.54, 1.807) is 18.7 Å². The Morgan fingerprint density at radius 1 is 0.543 bits per heavy atom. The van der Waals surface area contributed by atoms with Gasteiger partial charge in [-0.3, -0.25) is 57.5 Å². The highest BCUT2D eigenvalue weighted by Gasteiger charge is 2.55. The van der Waals surface area contributed by atoms with E-state index in [0.717, 1.165) is 61.2 Å². The van der Waals surface area contributed by atoms with Crippen LogP contribution in [0.25, 0.3) is 0 Å². The average molecular weight is 1490 g/mol. The minimum Gasteiger partial charge on any atom is -0.343 e. The van der Waals surface area contributed by atoms with Crippen LogP contribution in [0.5, 0.6) is 0 Å². The normalized spacial score (nSPS) is 32.8. The second-order valence-electron chi connectivity index (χ2n) is 32.5. The van der Waals surface area contributed by atoms with Gasteiger partial charge in [-0.15, -0.1) is 0 Å². The van der Waals surface area contributed by atoms with Crippen LogP contribution >= 0.6 is 0 Å². The number of rotatable bonds is 12. The highest BCUT2D eigenvalue weighted by molar-refractivity contribution is 6.01. The molecule has 594 valence electrons. The van der Waals surface area contributed by atoms with Crippen molar-refractivity contribution in [3.63, 3.8) is 0 Å². The quantitative estimate of drug-likeness (QED) is 0.164. The molecular weight excluding hydrogens is 1370 g/mol. The number of hydrogen-bond donors (Lipinski definition) is 3. The summed E-state index contributed by atoms with van der Waals surface area (Å²) in [6, 6.07) is -11.5. The smallest absolute Gasteiger partial charge is 0.343 e. The van der Waals surface area contributed by atoms with E-state index in [0.29, 0.717) is 70.4 Å². The third-order valence-corrected chi connectivity index (χ3v) is 25.3. The number of fused-ring (bicyclic) bond motifs is 1. The monoisotopic (exact) mass is 1490 g/mol. The van der Waals surface area contributed by atoms with Gasteiger partial charge in [0.1, 0.15) is 78.2 Å². The predicted octanol–water partition coefficient (Wildman–Crippen LogP) is 7.19. The number of halogens is 5. The lowest BCUT2D eigenvalue weighted by Crippen LogP contribution is -2.65. The summed E-state index contributed by atoms with van der Waals surface area (Å²) in [5, 5.41) is 8.68. The van der Waals surface area contributed by atoms with Crippen LogP contribution in [0.4, 0.5) is 22.0 Å². The Hall–Kier alpha value is -6.71. The average Bonchev–Trinajstić information content (AvgIpc) is 1.77. The predicted molar refractivity (Wildman–Crippen MR) is 384 cm³/mol. The Kier molecular flexibility index (Phi) is 30.5. The summed E-state index contributed by atoms with van der Waals surface area (Å²) in [6.45, 7) is 12.4. The highest BCUT2D eigenvalue weighted by Crippen LogP contribution is 2.45. The summed E-state index contributed by atoms with van der Waals surface area (Å²) >= 11 is 0. The Bertz CT molecular complexity index is 3060. The van der Waals surface area contributed by atoms with Crippen LogP contribution in [-0.4, -0.2) is 269 Å². The van der Waals surface area contributed by atoms with Crippen LogP contribution in [0.2, 0.25) is 0 Å². The molecule has 105 heavy (non-hydrogen) atoms. The fourth-order valence-corrected chi connectivity index (χ4v) is 17.2. The third-order valence-electron chi connectivity index (χ3n) is 25.3. The maximum atomic E-state index is 15.8. The van der Waals surface area contributed by atoms with Gasteiger partial charge in [0.15, 0.2) is 0 Å². The molecule has 13 atom stereocenters. The van der Waals surface area contributed by atoms with Gasteiger partial charge in [0, 0.05) is 69.0 Å². The van der Waals surface area contributed by atoms with E-state index < -0.39 is 199 Å². The molecule has 3 aliphatic heterocycles. The van der Waals surface area contributed by atoms with Crippen LogP contribution in [0.15, 0.2) is 0 Å². The lowest BCUT2D eigenvalue weighted by Gasteiger charge is -2.45. The van der Waals surface area contributed by atoms with Crippen molar-refractivity contribution in [2.45, 2.75) is 294 Å². The van der Waals surface area contributed by atoms with Gasteiger partial charge in [0.25, 0.3) is 0 Å². The van der Waals surface area contributed by atoms with Crippen LogP contribution in [0, 0.1) is 41.4 Å². The van der Waals surface area contributed by atoms with Crippen LogP contribution in [0.1, 0.15) is 215 Å². The second kappa shape index (κ2) is 37.4. The van der Waals surface area contributed by atoms with Crippen molar-refractivity contribution >= 4 is 70.9 Å². The third kappa shape index (κ3) is 20.6. The van der Waals surface area contributed by atoms with E-state index in [4.69, 9.17) is 0 Å². The molecule has 0 aromatic carbocycles. The number of alkyl halides is 5. The van der Waals surface area contributed by atoms with Gasteiger partial charge in [0.2, 0.25) is 70.9 Å². The number of likely N-dealkylation sites (N-methyl/N-ethyl adjacent to an activating group) is 7. The zero-order valence-electron chi connectivity index (χ0n) is 64.9. The van der Waals surface area contributed by atoms with Gasteiger partial charge in [-0.2, -0.15) is 13.2 Å². The Labute approximate surface area is 618 Å². The number of likely N-dealkylation sites (tertiary alicyclic amines) is 1. The number of nitrogens with one attached hydrogen (secondary N) is 3. The molecule has 3 N–H and O–H groups in total. The molecule has 7 fully saturated rings. The topological polar surface area (TPSA) is 270 Å². The molecule has 0 aromatic heterocycles. The maximum absolute atomic E-state index is 15.8. The van der Waals surface area contributed by atoms with E-state index in [9.17, 15) is 46.7 Å². The first-order valence-electron chi connectivity index (χ1n) is 39.1. The van der Waals surface area contributed by atoms with Crippen molar-refractivity contribution in [1.82, 2.24) is 60.0 Å². The van der Waals surface area contributed by atoms with Crippen molar-refractivity contribution in [3.05, 3.63) is 0 Å². The van der Waals surface area contributed by atoms with Crippen LogP contribution < -0.4 is 16.0 Å². The molecule has 0 radical (unpaired) electrons. The molecule has 4 aliphatic carbocycles. The fourth-order valence-electron chi connectivity index (χ4n) is 17.2. The van der Waals surface area contributed by atoms with Crippen molar-refractivity contribution < 1.29 is 79.5 Å². The number of hydrogen-bond acceptors (Lipinski definition) is 12. The van der Waals surface area contributed by atoms with Crippen LogP contribution in [0.3, 0.4) is 0 Å². The van der Waals surface area contributed by atoms with Gasteiger partial charge < -0.3 is 60.0 Å². The van der Waals surface area contributed by atoms with E-state index in [1.165, 1.54) is 92.6 Å². The molecule has 2 unspecified atom stereocenters. The van der Waals surface area contributed by atoms with Gasteiger partial charge in [-0.1, -0.05) is 118 Å². The lowest BCUT2D eigenvalue weighted by atomic mass is 9.76. The van der Waals surface area contributed by atoms with Gasteiger partial charge in [-0.25, -0.2) is 8.78 Å². The zero-order chi connectivity index (χ0) is 77.9. The molecular formula is C76H123F5N12O12. The molecule has 24 nitrogen and oxygen atoms in total. The Morgan fingerprint density at radius 2 is 1.10 bits per heavy atom. The molecule has 1 spiro atoms. The van der Waals surface area contributed by atoms with Crippen molar-refractivity contribution in [3.8, 4) is 0 Å². The summed E-state index contributed by atoms with van der Waals surface area (Å²) in [7, 11) is 9.83. The van der Waals surface area contributed by atoms with E-state index >= 15 is 32.8 Å². The van der Waals surface area contributed by atoms with Crippen molar-refractivity contribution in [2.75, 3.05) is 75.5 Å². The molecule has 0 bridgehead atoms. The number of nitrogens with zero attached hydrogens (tertiary/aromatic N) is 9. The summed E-state index contributed by atoms with van der Waals surface area (Å²) < 4.78 is 73.0. The summed E-state index contributed by atoms with van der Waals surface area (Å²) in [5.74, 6) is -12.8. The number of carbonyl (C=O) groups is 12. The van der Waals surface area contributed by atoms with Gasteiger partial charge >= 0.3 is 6.18 Å². The molecule has 29 heteroatoms. The van der Waals surface area contributed by atoms with E-state index in [1.807, 2.05) is 13.8 Å². The maximum Gasteiger partial charge on any atom is 0.397 e. The first-order chi connectivity index (χ1) is 49.4. The van der Waals surface area contributed by atoms with E-state index in [2.05, 4.69) is 22.9 Å². The van der Waals surface area contributed by atoms with Crippen LogP contribution in [-0.2, 0) is 57.5 Å². The number of carbonyl (C=O) groups excluding carboxylic acids is 12. The van der Waals surface area contributed by atoms with E-state index in [-0.39, 0.29) is 63.3 Å². The Morgan fingerprint density at radius 3 is 1.67 bits per heavy atom. The molecule has 0 aromatic rings. The van der Waals surface area contributed by atoms with Crippen molar-refractivity contribution in [2.24, 2.45) is 41.4 Å². The molecule has 3 heterocycles. The largest absolute Gasteiger partial charge is 0.397 e. The SMILES string of the molecule is CC[C@H](C)[C@@H]1NC(=O)[C@H](C)N(C)C(=O)C[C@@H](C(=O)N2CCCCC2)N(C)C(=O)[C@H]([C@@H](C)CC)N(C)C(=O)C2(CCCC2)NC(=O)[C@@H](CC2CCCCC2)N(C)C(=O)[C@H](CCC2CC(F)C(C(F)(F)F)C(F)C2)NC(=O)CN(C)C(=O)[C@H](CC2CCC(C)CC2)N(C)C(=O)[C@@H]2CCN2C(=O)[C@H](C)N(C)C1=O. The fraction of sp³-hybridized carbons (Fsp3) is 0.842. The molecule has 3 saturated heterocycles. The first-order valence-corrected chi connectivity index (χ1v) is 39.1. The van der Waals surface area contributed by atoms with Crippen molar-refractivity contribution in [1.29, 1.82) is 0 Å². The molecule has 4 saturated carbocycles. The van der Waals surface area contributed by atoms with Gasteiger partial charge in [-0.05, 0) is 126 Å². The van der Waals surface area contributed by atoms with Gasteiger partial charge in [0.05, 0.1) is 13.0 Å². The standard InChI is InChI=1S/C76H123F5N12O12/c1-15-46(4)63-72(103)87(10)49(7)67(98)93-38-33-56(93)70(101)89(12)58(42-51-29-27-45(3)28-30-51)69(100)85(8)44-60(94)82-55(32-31-52-39-53(77)62(54(78)40-52)76(79,80)81)68(99)88(11)57(41-50-25-19-17-20-26-50)66(97)84-75(34-21-22-35-75)74(105)91(14)64(47(5)16-2)73(104)90(13)59(71(102)92-36-23-18-24-37-92)43-61(95)86(9)48(6)65(96)83-63/h45-59,62-64H,15-44H2,1-14H3,(H,82,94)(H,83,96)(H,84,97)/t45?,46-,47-,48-,49-,51?,52?,53?,54?,55-,56-,57+,58-,59-,62?,63-,64-/m0/s1. The second-order valence-corrected chi connectivity index (χ2v) is 32.5. The lowest BCUT2D eigenvalue weighted by molar-refractivity contribution is -0.219. The summed E-state index contributed by atoms with van der Waals surface area (Å²) in [5.41, 5.74) is -1.65. The minimum absolute atomic E-state index is 0.0294. The Balaban J connectivity index is 1.31. The molecule has 7 rings (SSSR count).